The van der Waals surface area contributed by atoms with E-state index in [4.69, 9.17) is 4.74 Å². The zero-order valence-corrected chi connectivity index (χ0v) is 13.3. The van der Waals surface area contributed by atoms with Crippen molar-refractivity contribution in [1.29, 1.82) is 0 Å². The molecule has 0 saturated heterocycles. The summed E-state index contributed by atoms with van der Waals surface area (Å²) in [5.41, 5.74) is 1.14. The molecule has 0 atom stereocenters. The number of Topliss-reactive ketones (excluding diaryl/α,β-unsaturated/α-hetero) is 1. The molecule has 4 nitrogen and oxygen atoms in total. The highest BCUT2D eigenvalue weighted by molar-refractivity contribution is 9.10. The van der Waals surface area contributed by atoms with Crippen molar-refractivity contribution >= 4 is 33.3 Å². The highest BCUT2D eigenvalue weighted by Gasteiger charge is 2.35. The third-order valence-electron chi connectivity index (χ3n) is 3.23. The summed E-state index contributed by atoms with van der Waals surface area (Å²) in [6.45, 7) is 5.81. The molecule has 5 heteroatoms. The average Bonchev–Trinajstić information content (AvgIpc) is 2.62. The van der Waals surface area contributed by atoms with Gasteiger partial charge in [-0.05, 0) is 30.5 Å². The summed E-state index contributed by atoms with van der Waals surface area (Å²) in [6.07, 6.45) is 0.995. The van der Waals surface area contributed by atoms with Gasteiger partial charge in [-0.25, -0.2) is 0 Å². The van der Waals surface area contributed by atoms with Crippen molar-refractivity contribution in [3.8, 4) is 0 Å². The maximum atomic E-state index is 12.0. The van der Waals surface area contributed by atoms with Gasteiger partial charge in [-0.3, -0.25) is 9.59 Å². The van der Waals surface area contributed by atoms with E-state index >= 15 is 0 Å². The van der Waals surface area contributed by atoms with Gasteiger partial charge >= 0.3 is 0 Å². The molecule has 0 spiro atoms. The van der Waals surface area contributed by atoms with Crippen LogP contribution in [0.2, 0.25) is 0 Å². The fraction of sp³-hybridized carbons (Fsp3) is 0.467. The molecule has 1 amide bonds. The predicted octanol–water partition coefficient (Wildman–Crippen LogP) is 3.04. The van der Waals surface area contributed by atoms with Crippen molar-refractivity contribution in [2.24, 2.45) is 5.92 Å². The van der Waals surface area contributed by atoms with Crippen molar-refractivity contribution < 1.29 is 14.3 Å². The largest absolute Gasteiger partial charge is 0.380 e. The zero-order chi connectivity index (χ0) is 14.7. The summed E-state index contributed by atoms with van der Waals surface area (Å²) >= 11 is 3.36. The van der Waals surface area contributed by atoms with E-state index in [-0.39, 0.29) is 0 Å². The molecular formula is C15H18BrNO3. The van der Waals surface area contributed by atoms with Gasteiger partial charge in [0.2, 0.25) is 0 Å². The third-order valence-corrected chi connectivity index (χ3v) is 3.73. The number of rotatable bonds is 6. The number of carbonyl (C=O) groups is 2. The second-order valence-electron chi connectivity index (χ2n) is 5.24. The van der Waals surface area contributed by atoms with E-state index in [9.17, 15) is 9.59 Å². The van der Waals surface area contributed by atoms with Crippen LogP contribution in [-0.4, -0.2) is 31.4 Å². The summed E-state index contributed by atoms with van der Waals surface area (Å²) in [5.74, 6) is -0.304. The van der Waals surface area contributed by atoms with Crippen molar-refractivity contribution in [2.75, 3.05) is 24.7 Å². The van der Waals surface area contributed by atoms with Crippen LogP contribution >= 0.6 is 15.9 Å². The number of hydrogen-bond donors (Lipinski definition) is 0. The normalized spacial score (nSPS) is 14.3. The predicted molar refractivity (Wildman–Crippen MR) is 81.1 cm³/mol. The van der Waals surface area contributed by atoms with E-state index < -0.39 is 11.7 Å². The van der Waals surface area contributed by atoms with Crippen LogP contribution in [0.15, 0.2) is 22.7 Å². The van der Waals surface area contributed by atoms with E-state index in [0.717, 1.165) is 10.9 Å². The summed E-state index contributed by atoms with van der Waals surface area (Å²) < 4.78 is 6.37. The molecule has 1 aromatic carbocycles. The minimum absolute atomic E-state index is 0.409. The molecule has 20 heavy (non-hydrogen) atoms. The lowest BCUT2D eigenvalue weighted by Gasteiger charge is -2.16. The fourth-order valence-electron chi connectivity index (χ4n) is 2.07. The molecule has 1 aromatic rings. The number of amides is 1. The first-order valence-corrected chi connectivity index (χ1v) is 7.53. The van der Waals surface area contributed by atoms with E-state index in [1.165, 1.54) is 4.90 Å². The van der Waals surface area contributed by atoms with Crippen LogP contribution < -0.4 is 4.90 Å². The standard InChI is InChI=1S/C15H18BrNO3/c1-10(2)5-7-20-8-6-17-13-9-11(16)3-4-12(13)14(18)15(17)19/h3-4,9-10H,5-8H2,1-2H3. The maximum absolute atomic E-state index is 12.0. The first-order chi connectivity index (χ1) is 9.50. The number of fused-ring (bicyclic) bond motifs is 1. The number of nitrogens with zero attached hydrogens (tertiary/aromatic N) is 1. The number of anilines is 1. The van der Waals surface area contributed by atoms with Gasteiger partial charge in [-0.15, -0.1) is 0 Å². The number of ketones is 1. The first kappa shape index (κ1) is 15.2. The van der Waals surface area contributed by atoms with Gasteiger partial charge in [0.15, 0.2) is 0 Å². The van der Waals surface area contributed by atoms with E-state index in [0.29, 0.717) is 36.9 Å². The van der Waals surface area contributed by atoms with Crippen LogP contribution in [-0.2, 0) is 9.53 Å². The Bertz CT molecular complexity index is 528. The Hall–Kier alpha value is -1.20. The second kappa shape index (κ2) is 6.50. The molecule has 108 valence electrons. The van der Waals surface area contributed by atoms with Gasteiger partial charge < -0.3 is 9.64 Å². The van der Waals surface area contributed by atoms with Crippen molar-refractivity contribution in [3.63, 3.8) is 0 Å². The van der Waals surface area contributed by atoms with Crippen molar-refractivity contribution in [2.45, 2.75) is 20.3 Å². The Labute approximate surface area is 127 Å². The molecule has 1 aliphatic rings. The summed E-state index contributed by atoms with van der Waals surface area (Å²) in [6, 6.07) is 5.25. The molecule has 0 bridgehead atoms. The molecule has 0 aromatic heterocycles. The Morgan fingerprint density at radius 2 is 2.00 bits per heavy atom. The summed E-state index contributed by atoms with van der Waals surface area (Å²) in [4.78, 5) is 25.3. The summed E-state index contributed by atoms with van der Waals surface area (Å²) in [7, 11) is 0. The molecule has 0 N–H and O–H groups in total. The van der Waals surface area contributed by atoms with Gasteiger partial charge in [0.05, 0.1) is 17.9 Å². The Kier molecular flexibility index (Phi) is 4.94. The fourth-order valence-corrected chi connectivity index (χ4v) is 2.42. The Morgan fingerprint density at radius 1 is 1.25 bits per heavy atom. The lowest BCUT2D eigenvalue weighted by Crippen LogP contribution is -2.33. The van der Waals surface area contributed by atoms with Gasteiger partial charge in [-0.2, -0.15) is 0 Å². The molecule has 0 radical (unpaired) electrons. The lowest BCUT2D eigenvalue weighted by atomic mass is 10.1. The van der Waals surface area contributed by atoms with Crippen LogP contribution in [0.25, 0.3) is 0 Å². The van der Waals surface area contributed by atoms with Gasteiger partial charge in [0, 0.05) is 17.6 Å². The van der Waals surface area contributed by atoms with Crippen molar-refractivity contribution in [3.05, 3.63) is 28.2 Å². The van der Waals surface area contributed by atoms with Crippen LogP contribution in [0.5, 0.6) is 0 Å². The molecule has 0 aliphatic carbocycles. The Morgan fingerprint density at radius 3 is 2.70 bits per heavy atom. The molecule has 0 unspecified atom stereocenters. The molecule has 0 saturated carbocycles. The maximum Gasteiger partial charge on any atom is 0.299 e. The van der Waals surface area contributed by atoms with E-state index in [1.807, 2.05) is 0 Å². The number of carbonyl (C=O) groups excluding carboxylic acids is 2. The molecule has 1 heterocycles. The minimum atomic E-state index is -0.467. The van der Waals surface area contributed by atoms with Crippen LogP contribution in [0.3, 0.4) is 0 Å². The highest BCUT2D eigenvalue weighted by atomic mass is 79.9. The number of halogens is 1. The first-order valence-electron chi connectivity index (χ1n) is 6.74. The monoisotopic (exact) mass is 339 g/mol. The zero-order valence-electron chi connectivity index (χ0n) is 11.7. The van der Waals surface area contributed by atoms with Gasteiger partial charge in [-0.1, -0.05) is 29.8 Å². The minimum Gasteiger partial charge on any atom is -0.380 e. The quantitative estimate of drug-likeness (QED) is 0.591. The smallest absolute Gasteiger partial charge is 0.299 e. The SMILES string of the molecule is CC(C)CCOCCN1C(=O)C(=O)c2ccc(Br)cc21. The van der Waals surface area contributed by atoms with Gasteiger partial charge in [0.1, 0.15) is 0 Å². The average molecular weight is 340 g/mol. The molecule has 1 aliphatic heterocycles. The second-order valence-corrected chi connectivity index (χ2v) is 6.16. The van der Waals surface area contributed by atoms with Crippen LogP contribution in [0, 0.1) is 5.92 Å². The van der Waals surface area contributed by atoms with Gasteiger partial charge in [0.25, 0.3) is 11.7 Å². The van der Waals surface area contributed by atoms with Crippen molar-refractivity contribution in [1.82, 2.24) is 0 Å². The topological polar surface area (TPSA) is 46.6 Å². The number of hydrogen-bond acceptors (Lipinski definition) is 3. The molecular weight excluding hydrogens is 322 g/mol. The third kappa shape index (κ3) is 3.27. The van der Waals surface area contributed by atoms with Crippen LogP contribution in [0.1, 0.15) is 30.6 Å². The van der Waals surface area contributed by atoms with Crippen LogP contribution in [0.4, 0.5) is 5.69 Å². The number of ether oxygens (including phenoxy) is 1. The molecule has 2 rings (SSSR count). The highest BCUT2D eigenvalue weighted by Crippen LogP contribution is 2.31. The number of benzene rings is 1. The van der Waals surface area contributed by atoms with E-state index in [1.54, 1.807) is 18.2 Å². The molecule has 0 fully saturated rings. The summed E-state index contributed by atoms with van der Waals surface area (Å²) in [5, 5.41) is 0. The Balaban J connectivity index is 1.97. The lowest BCUT2D eigenvalue weighted by molar-refractivity contribution is -0.114. The van der Waals surface area contributed by atoms with E-state index in [2.05, 4.69) is 29.8 Å².